The molecule has 4 nitrogen and oxygen atoms in total. The second-order valence-electron chi connectivity index (χ2n) is 5.19. The van der Waals surface area contributed by atoms with Crippen LogP contribution in [0.5, 0.6) is 0 Å². The Hall–Kier alpha value is -0.680. The Morgan fingerprint density at radius 3 is 2.88 bits per heavy atom. The molecule has 0 aromatic carbocycles. The third-order valence-electron chi connectivity index (χ3n) is 3.98. The lowest BCUT2D eigenvalue weighted by molar-refractivity contribution is 0.315. The molecule has 2 saturated heterocycles. The average molecular weight is 252 g/mol. The molecule has 2 fully saturated rings. The molecule has 94 valence electrons. The van der Waals surface area contributed by atoms with Gasteiger partial charge in [-0.2, -0.15) is 4.37 Å². The van der Waals surface area contributed by atoms with Crippen LogP contribution in [0, 0.1) is 0 Å². The molecule has 1 aromatic rings. The van der Waals surface area contributed by atoms with Gasteiger partial charge in [-0.25, -0.2) is 4.98 Å². The molecule has 0 aliphatic carbocycles. The molecule has 2 aliphatic rings. The number of likely N-dealkylation sites (N-methyl/N-ethyl adjacent to an activating group) is 1. The van der Waals surface area contributed by atoms with Crippen LogP contribution in [0.15, 0.2) is 0 Å². The number of hydrogen-bond donors (Lipinski definition) is 0. The fraction of sp³-hybridized carbons (Fsp3) is 0.833. The van der Waals surface area contributed by atoms with E-state index in [0.717, 1.165) is 17.4 Å². The minimum Gasteiger partial charge on any atom is -0.340 e. The van der Waals surface area contributed by atoms with Gasteiger partial charge in [-0.05, 0) is 32.9 Å². The van der Waals surface area contributed by atoms with Gasteiger partial charge in [-0.3, -0.25) is 0 Å². The predicted octanol–water partition coefficient (Wildman–Crippen LogP) is 1.77. The molecule has 0 radical (unpaired) electrons. The Morgan fingerprint density at radius 1 is 1.29 bits per heavy atom. The van der Waals surface area contributed by atoms with E-state index in [4.69, 9.17) is 0 Å². The largest absolute Gasteiger partial charge is 0.340 e. The van der Waals surface area contributed by atoms with E-state index >= 15 is 0 Å². The van der Waals surface area contributed by atoms with Crippen LogP contribution in [0.1, 0.15) is 32.0 Å². The number of nitrogens with zero attached hydrogens (tertiary/aromatic N) is 4. The van der Waals surface area contributed by atoms with Crippen LogP contribution in [0.2, 0.25) is 0 Å². The maximum absolute atomic E-state index is 4.67. The number of aryl methyl sites for hydroxylation is 1. The van der Waals surface area contributed by atoms with Gasteiger partial charge in [-0.1, -0.05) is 6.92 Å². The summed E-state index contributed by atoms with van der Waals surface area (Å²) in [4.78, 5) is 9.69. The van der Waals surface area contributed by atoms with Gasteiger partial charge < -0.3 is 9.80 Å². The number of aromatic nitrogens is 2. The maximum atomic E-state index is 4.67. The van der Waals surface area contributed by atoms with Gasteiger partial charge in [0.2, 0.25) is 5.13 Å². The van der Waals surface area contributed by atoms with E-state index < -0.39 is 0 Å². The molecule has 0 spiro atoms. The van der Waals surface area contributed by atoms with E-state index in [-0.39, 0.29) is 0 Å². The number of fused-ring (bicyclic) bond motifs is 2. The Morgan fingerprint density at radius 2 is 2.12 bits per heavy atom. The molecule has 3 rings (SSSR count). The quantitative estimate of drug-likeness (QED) is 0.803. The molecule has 1 unspecified atom stereocenters. The number of hydrogen-bond acceptors (Lipinski definition) is 5. The topological polar surface area (TPSA) is 32.3 Å². The second-order valence-corrected chi connectivity index (χ2v) is 5.92. The van der Waals surface area contributed by atoms with E-state index in [0.29, 0.717) is 12.1 Å². The van der Waals surface area contributed by atoms with Gasteiger partial charge in [0, 0.05) is 36.6 Å². The summed E-state index contributed by atoms with van der Waals surface area (Å²) in [7, 11) is 2.23. The highest BCUT2D eigenvalue weighted by Gasteiger charge is 2.38. The number of likely N-dealkylation sites (tertiary alicyclic amines) is 1. The van der Waals surface area contributed by atoms with Crippen LogP contribution in [-0.4, -0.2) is 46.5 Å². The van der Waals surface area contributed by atoms with E-state index in [2.05, 4.69) is 33.1 Å². The summed E-state index contributed by atoms with van der Waals surface area (Å²) in [5, 5.41) is 1.16. The van der Waals surface area contributed by atoms with Crippen molar-refractivity contribution >= 4 is 16.7 Å². The van der Waals surface area contributed by atoms with Gasteiger partial charge in [0.15, 0.2) is 0 Å². The van der Waals surface area contributed by atoms with Gasteiger partial charge >= 0.3 is 0 Å². The van der Waals surface area contributed by atoms with Crippen LogP contribution in [0.25, 0.3) is 0 Å². The molecule has 0 N–H and O–H groups in total. The molecule has 2 atom stereocenters. The monoisotopic (exact) mass is 252 g/mol. The van der Waals surface area contributed by atoms with Crippen molar-refractivity contribution in [2.45, 2.75) is 44.7 Å². The number of rotatable bonds is 2. The van der Waals surface area contributed by atoms with Crippen molar-refractivity contribution in [3.05, 3.63) is 5.82 Å². The zero-order valence-electron chi connectivity index (χ0n) is 10.6. The summed E-state index contributed by atoms with van der Waals surface area (Å²) in [6.07, 6.45) is 4.86. The molecular weight excluding hydrogens is 232 g/mol. The Balaban J connectivity index is 1.86. The van der Waals surface area contributed by atoms with Crippen LogP contribution < -0.4 is 4.90 Å². The lowest BCUT2D eigenvalue weighted by Gasteiger charge is -2.27. The van der Waals surface area contributed by atoms with Crippen molar-refractivity contribution in [3.8, 4) is 0 Å². The summed E-state index contributed by atoms with van der Waals surface area (Å²) in [6, 6.07) is 1.35. The minimum absolute atomic E-state index is 0.658. The van der Waals surface area contributed by atoms with Gasteiger partial charge in [0.25, 0.3) is 0 Å². The lowest BCUT2D eigenvalue weighted by atomic mass is 10.1. The Kier molecular flexibility index (Phi) is 3.04. The van der Waals surface area contributed by atoms with Gasteiger partial charge in [0.05, 0.1) is 0 Å². The standard InChI is InChI=1S/C12H20N4S/c1-3-11-13-12(17-14-11)16-9-4-5-10(16)8-15(2)7-6-9/h9-10H,3-8H2,1-2H3/t9?,10-/m1/s1. The molecule has 2 bridgehead atoms. The molecule has 0 saturated carbocycles. The first-order chi connectivity index (χ1) is 8.28. The van der Waals surface area contributed by atoms with Crippen molar-refractivity contribution in [3.63, 3.8) is 0 Å². The smallest absolute Gasteiger partial charge is 0.205 e. The highest BCUT2D eigenvalue weighted by molar-refractivity contribution is 7.09. The predicted molar refractivity (Wildman–Crippen MR) is 70.7 cm³/mol. The van der Waals surface area contributed by atoms with Crippen LogP contribution in [-0.2, 0) is 6.42 Å². The SMILES string of the molecule is CCc1nsc(N2C3CC[C@@H]2CN(C)CC3)n1. The van der Waals surface area contributed by atoms with Crippen LogP contribution >= 0.6 is 11.5 Å². The molecular formula is C12H20N4S. The fourth-order valence-corrected chi connectivity index (χ4v) is 3.95. The fourth-order valence-electron chi connectivity index (χ4n) is 3.05. The summed E-state index contributed by atoms with van der Waals surface area (Å²) < 4.78 is 4.43. The molecule has 5 heteroatoms. The minimum atomic E-state index is 0.658. The summed E-state index contributed by atoms with van der Waals surface area (Å²) in [5.74, 6) is 1.00. The van der Waals surface area contributed by atoms with E-state index in [1.54, 1.807) is 11.5 Å². The third kappa shape index (κ3) is 2.06. The van der Waals surface area contributed by atoms with E-state index in [9.17, 15) is 0 Å². The first-order valence-corrected chi connectivity index (χ1v) is 7.34. The van der Waals surface area contributed by atoms with Crippen LogP contribution in [0.3, 0.4) is 0 Å². The van der Waals surface area contributed by atoms with Crippen LogP contribution in [0.4, 0.5) is 5.13 Å². The highest BCUT2D eigenvalue weighted by atomic mass is 32.1. The molecule has 0 amide bonds. The molecule has 1 aromatic heterocycles. The Labute approximate surface area is 107 Å². The van der Waals surface area contributed by atoms with E-state index in [1.165, 1.54) is 32.4 Å². The van der Waals surface area contributed by atoms with E-state index in [1.807, 2.05) is 0 Å². The highest BCUT2D eigenvalue weighted by Crippen LogP contribution is 2.35. The lowest BCUT2D eigenvalue weighted by Crippen LogP contribution is -2.38. The molecule has 3 heterocycles. The summed E-state index contributed by atoms with van der Waals surface area (Å²) in [5.41, 5.74) is 0. The van der Waals surface area contributed by atoms with Crippen molar-refractivity contribution in [2.24, 2.45) is 0 Å². The van der Waals surface area contributed by atoms with Crippen molar-refractivity contribution in [1.29, 1.82) is 0 Å². The molecule has 17 heavy (non-hydrogen) atoms. The van der Waals surface area contributed by atoms with Crippen molar-refractivity contribution in [2.75, 3.05) is 25.0 Å². The van der Waals surface area contributed by atoms with Gasteiger partial charge in [0.1, 0.15) is 5.82 Å². The summed E-state index contributed by atoms with van der Waals surface area (Å²) in [6.45, 7) is 4.52. The van der Waals surface area contributed by atoms with Crippen molar-refractivity contribution < 1.29 is 0 Å². The first kappa shape index (κ1) is 11.4. The zero-order valence-corrected chi connectivity index (χ0v) is 11.4. The average Bonchev–Trinajstić information content (AvgIpc) is 2.87. The van der Waals surface area contributed by atoms with Crippen molar-refractivity contribution in [1.82, 2.24) is 14.3 Å². The Bertz CT molecular complexity index is 392. The maximum Gasteiger partial charge on any atom is 0.205 e. The first-order valence-electron chi connectivity index (χ1n) is 6.57. The summed E-state index contributed by atoms with van der Waals surface area (Å²) >= 11 is 1.58. The van der Waals surface area contributed by atoms with Gasteiger partial charge in [-0.15, -0.1) is 0 Å². The third-order valence-corrected chi connectivity index (χ3v) is 4.75. The normalized spacial score (nSPS) is 29.6. The second kappa shape index (κ2) is 4.53. The number of anilines is 1. The molecule has 2 aliphatic heterocycles. The zero-order chi connectivity index (χ0) is 11.8.